The number of ether oxygens (including phenoxy) is 1. The van der Waals surface area contributed by atoms with E-state index in [2.05, 4.69) is 17.4 Å². The van der Waals surface area contributed by atoms with Crippen LogP contribution in [0, 0.1) is 0 Å². The summed E-state index contributed by atoms with van der Waals surface area (Å²) in [5.41, 5.74) is 2.51. The zero-order valence-electron chi connectivity index (χ0n) is 8.53. The van der Waals surface area contributed by atoms with Crippen molar-refractivity contribution < 1.29 is 9.53 Å². The van der Waals surface area contributed by atoms with E-state index in [4.69, 9.17) is 4.74 Å². The molecule has 0 fully saturated rings. The molecule has 82 valence electrons. The number of esters is 1. The van der Waals surface area contributed by atoms with Crippen LogP contribution in [0.15, 0.2) is 24.3 Å². The maximum Gasteiger partial charge on any atom is 0.323 e. The van der Waals surface area contributed by atoms with Crippen LogP contribution in [0.25, 0.3) is 0 Å². The van der Waals surface area contributed by atoms with Crippen molar-refractivity contribution in [2.75, 3.05) is 7.11 Å². The molecule has 0 unspecified atom stereocenters. The molecule has 1 aromatic rings. The molecule has 1 N–H and O–H groups in total. The van der Waals surface area contributed by atoms with Crippen LogP contribution < -0.4 is 5.32 Å². The quantitative estimate of drug-likeness (QED) is 0.735. The van der Waals surface area contributed by atoms with E-state index in [9.17, 15) is 4.79 Å². The highest BCUT2D eigenvalue weighted by atomic mass is 35.5. The van der Waals surface area contributed by atoms with E-state index in [-0.39, 0.29) is 24.4 Å². The third-order valence-corrected chi connectivity index (χ3v) is 2.57. The highest BCUT2D eigenvalue weighted by Crippen LogP contribution is 2.16. The Balaban J connectivity index is 0.00000112. The van der Waals surface area contributed by atoms with Gasteiger partial charge in [0.05, 0.1) is 7.11 Å². The molecule has 0 amide bonds. The first-order valence-electron chi connectivity index (χ1n) is 4.69. The number of methoxy groups -OCH3 is 1. The Morgan fingerprint density at radius 3 is 2.73 bits per heavy atom. The van der Waals surface area contributed by atoms with E-state index in [0.29, 0.717) is 0 Å². The number of hydrogen-bond acceptors (Lipinski definition) is 3. The number of nitrogens with one attached hydrogen (secondary N) is 1. The molecule has 1 aliphatic heterocycles. The maximum atomic E-state index is 11.3. The largest absolute Gasteiger partial charge is 0.468 e. The number of benzene rings is 1. The average Bonchev–Trinajstić information content (AvgIpc) is 2.27. The van der Waals surface area contributed by atoms with E-state index < -0.39 is 0 Å². The summed E-state index contributed by atoms with van der Waals surface area (Å²) in [4.78, 5) is 11.3. The summed E-state index contributed by atoms with van der Waals surface area (Å²) < 4.78 is 4.70. The molecular weight excluding hydrogens is 214 g/mol. The van der Waals surface area contributed by atoms with Gasteiger partial charge in [-0.15, -0.1) is 12.4 Å². The van der Waals surface area contributed by atoms with Crippen LogP contribution in [-0.4, -0.2) is 19.1 Å². The van der Waals surface area contributed by atoms with Crippen molar-refractivity contribution >= 4 is 18.4 Å². The lowest BCUT2D eigenvalue weighted by Crippen LogP contribution is -2.42. The molecule has 1 heterocycles. The minimum absolute atomic E-state index is 0. The Morgan fingerprint density at radius 1 is 1.40 bits per heavy atom. The molecule has 0 radical (unpaired) electrons. The Labute approximate surface area is 95.2 Å². The summed E-state index contributed by atoms with van der Waals surface area (Å²) in [6, 6.07) is 7.97. The first-order valence-corrected chi connectivity index (χ1v) is 4.69. The van der Waals surface area contributed by atoms with E-state index in [1.54, 1.807) is 0 Å². The van der Waals surface area contributed by atoms with Gasteiger partial charge in [0.1, 0.15) is 6.04 Å². The predicted molar refractivity (Wildman–Crippen MR) is 60.0 cm³/mol. The van der Waals surface area contributed by atoms with Gasteiger partial charge in [0.2, 0.25) is 0 Å². The van der Waals surface area contributed by atoms with Gasteiger partial charge in [0.25, 0.3) is 0 Å². The SMILES string of the molecule is COC(=O)[C@H]1Cc2ccccc2CN1.Cl. The molecule has 1 aliphatic rings. The number of hydrogen-bond donors (Lipinski definition) is 1. The molecule has 0 aliphatic carbocycles. The van der Waals surface area contributed by atoms with E-state index in [1.165, 1.54) is 18.2 Å². The number of rotatable bonds is 1. The molecule has 0 saturated carbocycles. The fourth-order valence-corrected chi connectivity index (χ4v) is 1.76. The fourth-order valence-electron chi connectivity index (χ4n) is 1.76. The van der Waals surface area contributed by atoms with Gasteiger partial charge in [-0.1, -0.05) is 24.3 Å². The van der Waals surface area contributed by atoms with Gasteiger partial charge in [-0.3, -0.25) is 4.79 Å². The summed E-state index contributed by atoms with van der Waals surface area (Å²) >= 11 is 0. The van der Waals surface area contributed by atoms with Gasteiger partial charge in [-0.2, -0.15) is 0 Å². The summed E-state index contributed by atoms with van der Waals surface area (Å²) in [5.74, 6) is -0.181. The predicted octanol–water partition coefficient (Wildman–Crippen LogP) is 1.30. The second-order valence-corrected chi connectivity index (χ2v) is 3.43. The number of carbonyl (C=O) groups is 1. The zero-order chi connectivity index (χ0) is 9.97. The van der Waals surface area contributed by atoms with E-state index >= 15 is 0 Å². The van der Waals surface area contributed by atoms with Crippen molar-refractivity contribution in [2.24, 2.45) is 0 Å². The van der Waals surface area contributed by atoms with Gasteiger partial charge < -0.3 is 10.1 Å². The van der Waals surface area contributed by atoms with E-state index in [0.717, 1.165) is 13.0 Å². The topological polar surface area (TPSA) is 38.3 Å². The summed E-state index contributed by atoms with van der Waals surface area (Å²) in [6.07, 6.45) is 0.725. The van der Waals surface area contributed by atoms with Gasteiger partial charge in [0.15, 0.2) is 0 Å². The Morgan fingerprint density at radius 2 is 2.07 bits per heavy atom. The van der Waals surface area contributed by atoms with Crippen LogP contribution in [0.4, 0.5) is 0 Å². The standard InChI is InChI=1S/C11H13NO2.ClH/c1-14-11(13)10-6-8-4-2-3-5-9(8)7-12-10;/h2-5,10,12H,6-7H2,1H3;1H/t10-;/m1./s1. The minimum atomic E-state index is -0.185. The Bertz CT molecular complexity index is 354. The molecular formula is C11H14ClNO2. The summed E-state index contributed by atoms with van der Waals surface area (Å²) in [5, 5.41) is 3.15. The number of halogens is 1. The van der Waals surface area contributed by atoms with Gasteiger partial charge in [-0.05, 0) is 17.5 Å². The van der Waals surface area contributed by atoms with Gasteiger partial charge in [0, 0.05) is 6.54 Å². The van der Waals surface area contributed by atoms with Crippen LogP contribution in [-0.2, 0) is 22.5 Å². The first-order chi connectivity index (χ1) is 6.81. The molecule has 1 aromatic carbocycles. The van der Waals surface area contributed by atoms with Crippen molar-refractivity contribution in [3.05, 3.63) is 35.4 Å². The average molecular weight is 228 g/mol. The monoisotopic (exact) mass is 227 g/mol. The molecule has 0 bridgehead atoms. The lowest BCUT2D eigenvalue weighted by molar-refractivity contribution is -0.143. The second-order valence-electron chi connectivity index (χ2n) is 3.43. The molecule has 15 heavy (non-hydrogen) atoms. The Hall–Kier alpha value is -1.06. The Kier molecular flexibility index (Phi) is 4.12. The van der Waals surface area contributed by atoms with Gasteiger partial charge in [-0.25, -0.2) is 0 Å². The maximum absolute atomic E-state index is 11.3. The third-order valence-electron chi connectivity index (χ3n) is 2.57. The highest BCUT2D eigenvalue weighted by molar-refractivity contribution is 5.85. The van der Waals surface area contributed by atoms with Gasteiger partial charge >= 0.3 is 5.97 Å². The van der Waals surface area contributed by atoms with Crippen LogP contribution in [0.3, 0.4) is 0 Å². The molecule has 1 atom stereocenters. The van der Waals surface area contributed by atoms with Crippen molar-refractivity contribution in [3.8, 4) is 0 Å². The third kappa shape index (κ3) is 2.49. The highest BCUT2D eigenvalue weighted by Gasteiger charge is 2.23. The fraction of sp³-hybridized carbons (Fsp3) is 0.364. The minimum Gasteiger partial charge on any atom is -0.468 e. The zero-order valence-corrected chi connectivity index (χ0v) is 9.34. The number of fused-ring (bicyclic) bond motifs is 1. The second kappa shape index (κ2) is 5.14. The van der Waals surface area contributed by atoms with Crippen LogP contribution in [0.2, 0.25) is 0 Å². The molecule has 0 spiro atoms. The molecule has 2 rings (SSSR count). The van der Waals surface area contributed by atoms with Crippen LogP contribution in [0.5, 0.6) is 0 Å². The van der Waals surface area contributed by atoms with Crippen LogP contribution in [0.1, 0.15) is 11.1 Å². The van der Waals surface area contributed by atoms with Crippen LogP contribution >= 0.6 is 12.4 Å². The molecule has 3 nitrogen and oxygen atoms in total. The molecule has 4 heteroatoms. The van der Waals surface area contributed by atoms with Crippen molar-refractivity contribution in [3.63, 3.8) is 0 Å². The lowest BCUT2D eigenvalue weighted by atomic mass is 9.96. The summed E-state index contributed by atoms with van der Waals surface area (Å²) in [6.45, 7) is 0.746. The van der Waals surface area contributed by atoms with Crippen molar-refractivity contribution in [1.82, 2.24) is 5.32 Å². The summed E-state index contributed by atoms with van der Waals surface area (Å²) in [7, 11) is 1.42. The van der Waals surface area contributed by atoms with Crippen molar-refractivity contribution in [1.29, 1.82) is 0 Å². The first kappa shape index (κ1) is 12.0. The molecule has 0 aromatic heterocycles. The van der Waals surface area contributed by atoms with E-state index in [1.807, 2.05) is 12.1 Å². The lowest BCUT2D eigenvalue weighted by Gasteiger charge is -2.23. The molecule has 0 saturated heterocycles. The smallest absolute Gasteiger partial charge is 0.323 e. The normalized spacial score (nSPS) is 18.6. The number of carbonyl (C=O) groups excluding carboxylic acids is 1. The van der Waals surface area contributed by atoms with Crippen molar-refractivity contribution in [2.45, 2.75) is 19.0 Å².